The third-order valence-corrected chi connectivity index (χ3v) is 3.58. The number of nitro benzene ring substituents is 1. The number of benzene rings is 1. The number of furan rings is 1. The first-order valence-electron chi connectivity index (χ1n) is 7.70. The van der Waals surface area contributed by atoms with Crippen LogP contribution in [0.4, 0.5) is 11.4 Å². The molecule has 0 bridgehead atoms. The minimum Gasteiger partial charge on any atom is -0.486 e. The molecule has 0 aliphatic rings. The fourth-order valence-corrected chi connectivity index (χ4v) is 2.30. The van der Waals surface area contributed by atoms with Gasteiger partial charge in [-0.15, -0.1) is 0 Å². The molecule has 2 aromatic heterocycles. The van der Waals surface area contributed by atoms with Crippen LogP contribution < -0.4 is 10.1 Å². The van der Waals surface area contributed by atoms with Gasteiger partial charge in [-0.05, 0) is 31.2 Å². The number of anilines is 1. The Morgan fingerprint density at radius 1 is 1.31 bits per heavy atom. The van der Waals surface area contributed by atoms with Gasteiger partial charge in [-0.1, -0.05) is 0 Å². The van der Waals surface area contributed by atoms with E-state index in [0.29, 0.717) is 22.9 Å². The van der Waals surface area contributed by atoms with E-state index in [1.54, 1.807) is 37.0 Å². The second-order valence-electron chi connectivity index (χ2n) is 5.56. The van der Waals surface area contributed by atoms with Gasteiger partial charge in [0.15, 0.2) is 5.76 Å². The minimum absolute atomic E-state index is 0.0139. The summed E-state index contributed by atoms with van der Waals surface area (Å²) in [5.41, 5.74) is 1.30. The number of carbonyl (C=O) groups is 1. The van der Waals surface area contributed by atoms with E-state index in [2.05, 4.69) is 10.4 Å². The summed E-state index contributed by atoms with van der Waals surface area (Å²) in [7, 11) is 1.77. The maximum atomic E-state index is 12.2. The molecule has 0 unspecified atom stereocenters. The van der Waals surface area contributed by atoms with Crippen LogP contribution in [-0.4, -0.2) is 20.6 Å². The molecule has 26 heavy (non-hydrogen) atoms. The van der Waals surface area contributed by atoms with Crippen LogP contribution in [0.2, 0.25) is 0 Å². The van der Waals surface area contributed by atoms with Crippen LogP contribution in [0.15, 0.2) is 47.0 Å². The number of nitro groups is 1. The molecule has 1 amide bonds. The highest BCUT2D eigenvalue weighted by Gasteiger charge is 2.14. The fraction of sp³-hybridized carbons (Fsp3) is 0.176. The van der Waals surface area contributed by atoms with E-state index in [9.17, 15) is 14.9 Å². The van der Waals surface area contributed by atoms with Crippen molar-refractivity contribution in [2.45, 2.75) is 13.5 Å². The number of nitrogens with zero attached hydrogens (tertiary/aromatic N) is 3. The summed E-state index contributed by atoms with van der Waals surface area (Å²) in [5.74, 6) is 0.679. The van der Waals surface area contributed by atoms with Crippen LogP contribution in [0.3, 0.4) is 0 Å². The molecular weight excluding hydrogens is 340 g/mol. The van der Waals surface area contributed by atoms with Crippen molar-refractivity contribution in [3.8, 4) is 5.75 Å². The van der Waals surface area contributed by atoms with Gasteiger partial charge in [0.1, 0.15) is 18.1 Å². The number of hydrogen-bond acceptors (Lipinski definition) is 6. The quantitative estimate of drug-likeness (QED) is 0.536. The van der Waals surface area contributed by atoms with Crippen LogP contribution in [0, 0.1) is 17.0 Å². The van der Waals surface area contributed by atoms with E-state index in [1.807, 2.05) is 0 Å². The fourth-order valence-electron chi connectivity index (χ4n) is 2.30. The molecule has 3 aromatic rings. The molecule has 9 nitrogen and oxygen atoms in total. The molecule has 0 aliphatic carbocycles. The summed E-state index contributed by atoms with van der Waals surface area (Å²) < 4.78 is 12.6. The van der Waals surface area contributed by atoms with Crippen molar-refractivity contribution < 1.29 is 18.9 Å². The molecule has 0 saturated heterocycles. The number of rotatable bonds is 6. The number of hydrogen-bond donors (Lipinski definition) is 1. The van der Waals surface area contributed by atoms with Crippen LogP contribution in [-0.2, 0) is 13.7 Å². The molecule has 0 aliphatic heterocycles. The number of non-ortho nitro benzene ring substituents is 1. The monoisotopic (exact) mass is 356 g/mol. The van der Waals surface area contributed by atoms with Crippen LogP contribution in [0.1, 0.15) is 22.0 Å². The summed E-state index contributed by atoms with van der Waals surface area (Å²) in [6, 6.07) is 8.89. The first-order valence-corrected chi connectivity index (χ1v) is 7.70. The van der Waals surface area contributed by atoms with E-state index in [-0.39, 0.29) is 24.0 Å². The molecule has 0 saturated carbocycles. The van der Waals surface area contributed by atoms with Gasteiger partial charge in [0.2, 0.25) is 0 Å². The zero-order chi connectivity index (χ0) is 18.7. The Bertz CT molecular complexity index is 942. The Hall–Kier alpha value is -3.62. The predicted molar refractivity (Wildman–Crippen MR) is 92.0 cm³/mol. The molecule has 0 atom stereocenters. The molecule has 134 valence electrons. The molecule has 0 fully saturated rings. The molecule has 9 heteroatoms. The summed E-state index contributed by atoms with van der Waals surface area (Å²) in [4.78, 5) is 22.4. The second kappa shape index (κ2) is 7.09. The van der Waals surface area contributed by atoms with Gasteiger partial charge in [-0.3, -0.25) is 19.6 Å². The first-order chi connectivity index (χ1) is 12.4. The third-order valence-electron chi connectivity index (χ3n) is 3.58. The molecule has 3 rings (SSSR count). The van der Waals surface area contributed by atoms with E-state index in [0.717, 1.165) is 0 Å². The zero-order valence-electron chi connectivity index (χ0n) is 14.1. The van der Waals surface area contributed by atoms with Crippen LogP contribution >= 0.6 is 0 Å². The van der Waals surface area contributed by atoms with E-state index >= 15 is 0 Å². The Balaban J connectivity index is 1.59. The maximum absolute atomic E-state index is 12.2. The van der Waals surface area contributed by atoms with Crippen LogP contribution in [0.5, 0.6) is 5.75 Å². The molecular formula is C17H16N4O5. The van der Waals surface area contributed by atoms with Gasteiger partial charge in [-0.2, -0.15) is 5.10 Å². The van der Waals surface area contributed by atoms with Gasteiger partial charge in [-0.25, -0.2) is 0 Å². The minimum atomic E-state index is -0.481. The normalized spacial score (nSPS) is 10.5. The highest BCUT2D eigenvalue weighted by molar-refractivity contribution is 6.02. The Morgan fingerprint density at radius 3 is 2.65 bits per heavy atom. The SMILES string of the molecule is Cc1nn(C)cc1NC(=O)c1ccc(COc2ccc([N+](=O)[O-])cc2)o1. The van der Waals surface area contributed by atoms with Gasteiger partial charge in [0.05, 0.1) is 16.3 Å². The number of ether oxygens (including phenoxy) is 1. The average Bonchev–Trinajstić information content (AvgIpc) is 3.20. The Morgan fingerprint density at radius 2 is 2.04 bits per heavy atom. The zero-order valence-corrected chi connectivity index (χ0v) is 14.1. The summed E-state index contributed by atoms with van der Waals surface area (Å²) in [6.07, 6.45) is 1.70. The van der Waals surface area contributed by atoms with Gasteiger partial charge in [0, 0.05) is 25.4 Å². The second-order valence-corrected chi connectivity index (χ2v) is 5.56. The van der Waals surface area contributed by atoms with Gasteiger partial charge in [0.25, 0.3) is 11.6 Å². The lowest BCUT2D eigenvalue weighted by Crippen LogP contribution is -2.11. The lowest BCUT2D eigenvalue weighted by atomic mass is 10.3. The smallest absolute Gasteiger partial charge is 0.291 e. The standard InChI is InChI=1S/C17H16N4O5/c1-11-15(9-20(2)19-11)18-17(22)16-8-7-14(26-16)10-25-13-5-3-12(4-6-13)21(23)24/h3-9H,10H2,1-2H3,(H,18,22). The maximum Gasteiger partial charge on any atom is 0.291 e. The van der Waals surface area contributed by atoms with Crippen molar-refractivity contribution in [3.63, 3.8) is 0 Å². The van der Waals surface area contributed by atoms with E-state index < -0.39 is 4.92 Å². The Labute approximate surface area is 148 Å². The van der Waals surface area contributed by atoms with Gasteiger partial charge >= 0.3 is 0 Å². The number of carbonyl (C=O) groups excluding carboxylic acids is 1. The summed E-state index contributed by atoms with van der Waals surface area (Å²) >= 11 is 0. The lowest BCUT2D eigenvalue weighted by molar-refractivity contribution is -0.384. The molecule has 0 spiro atoms. The van der Waals surface area contributed by atoms with Crippen molar-refractivity contribution >= 4 is 17.3 Å². The number of amides is 1. The summed E-state index contributed by atoms with van der Waals surface area (Å²) in [6.45, 7) is 1.89. The molecule has 0 radical (unpaired) electrons. The van der Waals surface area contributed by atoms with Crippen molar-refractivity contribution in [2.75, 3.05) is 5.32 Å². The number of aromatic nitrogens is 2. The topological polar surface area (TPSA) is 112 Å². The van der Waals surface area contributed by atoms with Gasteiger partial charge < -0.3 is 14.5 Å². The highest BCUT2D eigenvalue weighted by atomic mass is 16.6. The molecule has 1 aromatic carbocycles. The average molecular weight is 356 g/mol. The number of aryl methyl sites for hydroxylation is 2. The number of nitrogens with one attached hydrogen (secondary N) is 1. The van der Waals surface area contributed by atoms with Crippen LogP contribution in [0.25, 0.3) is 0 Å². The van der Waals surface area contributed by atoms with E-state index in [4.69, 9.17) is 9.15 Å². The first kappa shape index (κ1) is 17.2. The van der Waals surface area contributed by atoms with Crippen molar-refractivity contribution in [1.29, 1.82) is 0 Å². The molecule has 1 N–H and O–H groups in total. The lowest BCUT2D eigenvalue weighted by Gasteiger charge is -2.04. The Kier molecular flexibility index (Phi) is 4.70. The molecule has 2 heterocycles. The third kappa shape index (κ3) is 3.89. The summed E-state index contributed by atoms with van der Waals surface area (Å²) in [5, 5.41) is 17.5. The van der Waals surface area contributed by atoms with Crippen molar-refractivity contribution in [3.05, 3.63) is 69.9 Å². The van der Waals surface area contributed by atoms with E-state index in [1.165, 1.54) is 24.3 Å². The predicted octanol–water partition coefficient (Wildman–Crippen LogP) is 3.06. The van der Waals surface area contributed by atoms with Crippen molar-refractivity contribution in [1.82, 2.24) is 9.78 Å². The largest absolute Gasteiger partial charge is 0.486 e. The highest BCUT2D eigenvalue weighted by Crippen LogP contribution is 2.19. The van der Waals surface area contributed by atoms with Crippen molar-refractivity contribution in [2.24, 2.45) is 7.05 Å².